The molecule has 1 atom stereocenters. The summed E-state index contributed by atoms with van der Waals surface area (Å²) in [5.41, 5.74) is 3.68. The van der Waals surface area contributed by atoms with Gasteiger partial charge >= 0.3 is 0 Å². The summed E-state index contributed by atoms with van der Waals surface area (Å²) in [7, 11) is 0. The van der Waals surface area contributed by atoms with Gasteiger partial charge in [-0.25, -0.2) is 4.98 Å². The first-order chi connectivity index (χ1) is 10.8. The van der Waals surface area contributed by atoms with Crippen molar-refractivity contribution in [3.8, 4) is 0 Å². The van der Waals surface area contributed by atoms with Gasteiger partial charge in [0.2, 0.25) is 0 Å². The molecule has 4 rings (SSSR count). The normalized spacial score (nSPS) is 23.7. The fraction of sp³-hybridized carbons (Fsp3) is 0.556. The number of aromatic nitrogens is 1. The van der Waals surface area contributed by atoms with E-state index in [-0.39, 0.29) is 0 Å². The summed E-state index contributed by atoms with van der Waals surface area (Å²) in [6.07, 6.45) is 4.57. The lowest BCUT2D eigenvalue weighted by Gasteiger charge is -2.19. The average Bonchev–Trinajstić information content (AvgIpc) is 2.99. The van der Waals surface area contributed by atoms with Crippen LogP contribution in [0.5, 0.6) is 0 Å². The third-order valence-corrected chi connectivity index (χ3v) is 5.97. The van der Waals surface area contributed by atoms with Crippen LogP contribution >= 0.6 is 11.3 Å². The Bertz CT molecular complexity index is 700. The zero-order valence-corrected chi connectivity index (χ0v) is 13.9. The van der Waals surface area contributed by atoms with Crippen LogP contribution in [0, 0.1) is 5.92 Å². The Kier molecular flexibility index (Phi) is 3.97. The number of rotatable bonds is 2. The SMILES string of the molecule is CC1CCC(c2ccc3sc(C4CCOCC4)nc3c2)=NC1. The van der Waals surface area contributed by atoms with Crippen molar-refractivity contribution in [1.29, 1.82) is 0 Å². The van der Waals surface area contributed by atoms with Crippen molar-refractivity contribution >= 4 is 27.3 Å². The predicted molar refractivity (Wildman–Crippen MR) is 92.2 cm³/mol. The van der Waals surface area contributed by atoms with E-state index in [1.165, 1.54) is 27.4 Å². The summed E-state index contributed by atoms with van der Waals surface area (Å²) in [6.45, 7) is 5.00. The molecule has 0 radical (unpaired) electrons. The molecule has 2 aromatic rings. The lowest BCUT2D eigenvalue weighted by molar-refractivity contribution is 0.0853. The van der Waals surface area contributed by atoms with Gasteiger partial charge in [0.05, 0.1) is 15.2 Å². The summed E-state index contributed by atoms with van der Waals surface area (Å²) in [5.74, 6) is 1.31. The van der Waals surface area contributed by atoms with Crippen molar-refractivity contribution < 1.29 is 4.74 Å². The molecule has 22 heavy (non-hydrogen) atoms. The van der Waals surface area contributed by atoms with Crippen molar-refractivity contribution in [2.45, 2.75) is 38.5 Å². The Hall–Kier alpha value is -1.26. The molecule has 3 nitrogen and oxygen atoms in total. The smallest absolute Gasteiger partial charge is 0.0971 e. The fourth-order valence-corrected chi connectivity index (χ4v) is 4.42. The molecule has 1 aromatic heterocycles. The number of aliphatic imine (C=N–C) groups is 1. The molecular weight excluding hydrogens is 292 g/mol. The maximum absolute atomic E-state index is 5.46. The standard InChI is InChI=1S/C18H22N2OS/c1-12-2-4-15(19-11-12)14-3-5-17-16(10-14)20-18(22-17)13-6-8-21-9-7-13/h3,5,10,12-13H,2,4,6-9,11H2,1H3. The topological polar surface area (TPSA) is 34.5 Å². The molecule has 1 fully saturated rings. The first kappa shape index (κ1) is 14.3. The predicted octanol–water partition coefficient (Wildman–Crippen LogP) is 4.41. The van der Waals surface area contributed by atoms with Crippen molar-refractivity contribution in [3.63, 3.8) is 0 Å². The second-order valence-electron chi connectivity index (χ2n) is 6.55. The maximum atomic E-state index is 5.46. The van der Waals surface area contributed by atoms with Gasteiger partial charge in [0.15, 0.2) is 0 Å². The van der Waals surface area contributed by atoms with Crippen LogP contribution < -0.4 is 0 Å². The molecule has 1 saturated heterocycles. The number of fused-ring (bicyclic) bond motifs is 1. The van der Waals surface area contributed by atoms with Gasteiger partial charge in [-0.1, -0.05) is 13.0 Å². The van der Waals surface area contributed by atoms with Gasteiger partial charge in [0.1, 0.15) is 0 Å². The summed E-state index contributed by atoms with van der Waals surface area (Å²) in [4.78, 5) is 9.67. The van der Waals surface area contributed by atoms with Crippen molar-refractivity contribution in [2.24, 2.45) is 10.9 Å². The number of benzene rings is 1. The van der Waals surface area contributed by atoms with E-state index in [4.69, 9.17) is 14.7 Å². The van der Waals surface area contributed by atoms with Crippen LogP contribution in [0.4, 0.5) is 0 Å². The first-order valence-electron chi connectivity index (χ1n) is 8.31. The van der Waals surface area contributed by atoms with Gasteiger partial charge < -0.3 is 4.74 Å². The van der Waals surface area contributed by atoms with Crippen LogP contribution in [0.1, 0.15) is 49.1 Å². The molecule has 0 amide bonds. The van der Waals surface area contributed by atoms with Crippen LogP contribution in [0.15, 0.2) is 23.2 Å². The van der Waals surface area contributed by atoms with Crippen LogP contribution in [0.25, 0.3) is 10.2 Å². The van der Waals surface area contributed by atoms with E-state index in [1.54, 1.807) is 0 Å². The average molecular weight is 314 g/mol. The summed E-state index contributed by atoms with van der Waals surface area (Å²) >= 11 is 1.85. The minimum absolute atomic E-state index is 0.586. The highest BCUT2D eigenvalue weighted by Gasteiger charge is 2.20. The molecule has 2 aliphatic rings. The van der Waals surface area contributed by atoms with Gasteiger partial charge in [0.25, 0.3) is 0 Å². The molecule has 4 heteroatoms. The Labute approximate surface area is 135 Å². The molecular formula is C18H22N2OS. The minimum atomic E-state index is 0.586. The van der Waals surface area contributed by atoms with Crippen molar-refractivity contribution in [1.82, 2.24) is 4.98 Å². The number of nitrogens with zero attached hydrogens (tertiary/aromatic N) is 2. The van der Waals surface area contributed by atoms with Gasteiger partial charge in [-0.15, -0.1) is 11.3 Å². The first-order valence-corrected chi connectivity index (χ1v) is 9.13. The van der Waals surface area contributed by atoms with Crippen molar-refractivity contribution in [3.05, 3.63) is 28.8 Å². The summed E-state index contributed by atoms with van der Waals surface area (Å²) < 4.78 is 6.76. The van der Waals surface area contributed by atoms with Crippen LogP contribution in [-0.2, 0) is 4.74 Å². The quantitative estimate of drug-likeness (QED) is 0.823. The van der Waals surface area contributed by atoms with E-state index < -0.39 is 0 Å². The summed E-state index contributed by atoms with van der Waals surface area (Å²) in [5, 5.41) is 1.29. The molecule has 0 saturated carbocycles. The third kappa shape index (κ3) is 2.82. The Morgan fingerprint density at radius 1 is 1.18 bits per heavy atom. The van der Waals surface area contributed by atoms with E-state index >= 15 is 0 Å². The molecule has 2 aliphatic heterocycles. The Morgan fingerprint density at radius 2 is 2.05 bits per heavy atom. The van der Waals surface area contributed by atoms with Gasteiger partial charge in [-0.3, -0.25) is 4.99 Å². The molecule has 116 valence electrons. The molecule has 1 unspecified atom stereocenters. The molecule has 0 N–H and O–H groups in total. The van der Waals surface area contributed by atoms with Gasteiger partial charge in [-0.2, -0.15) is 0 Å². The largest absolute Gasteiger partial charge is 0.381 e. The van der Waals surface area contributed by atoms with Crippen LogP contribution in [0.2, 0.25) is 0 Å². The second-order valence-corrected chi connectivity index (χ2v) is 7.61. The lowest BCUT2D eigenvalue weighted by atomic mass is 9.96. The number of ether oxygens (including phenoxy) is 1. The zero-order chi connectivity index (χ0) is 14.9. The Balaban J connectivity index is 1.63. The van der Waals surface area contributed by atoms with Crippen LogP contribution in [-0.4, -0.2) is 30.5 Å². The highest BCUT2D eigenvalue weighted by atomic mass is 32.1. The zero-order valence-electron chi connectivity index (χ0n) is 13.0. The summed E-state index contributed by atoms with van der Waals surface area (Å²) in [6, 6.07) is 6.69. The number of hydrogen-bond acceptors (Lipinski definition) is 4. The second kappa shape index (κ2) is 6.09. The number of hydrogen-bond donors (Lipinski definition) is 0. The van der Waals surface area contributed by atoms with E-state index in [2.05, 4.69) is 25.1 Å². The fourth-order valence-electron chi connectivity index (χ4n) is 3.30. The highest BCUT2D eigenvalue weighted by molar-refractivity contribution is 7.18. The van der Waals surface area contributed by atoms with Gasteiger partial charge in [0, 0.05) is 31.4 Å². The number of thiazole rings is 1. The van der Waals surface area contributed by atoms with E-state index in [0.29, 0.717) is 5.92 Å². The maximum Gasteiger partial charge on any atom is 0.0971 e. The lowest BCUT2D eigenvalue weighted by Crippen LogP contribution is -2.14. The molecule has 1 aromatic carbocycles. The monoisotopic (exact) mass is 314 g/mol. The van der Waals surface area contributed by atoms with E-state index in [1.807, 2.05) is 11.3 Å². The van der Waals surface area contributed by atoms with Crippen LogP contribution in [0.3, 0.4) is 0 Å². The third-order valence-electron chi connectivity index (χ3n) is 4.78. The van der Waals surface area contributed by atoms with Gasteiger partial charge in [-0.05, 0) is 49.3 Å². The van der Waals surface area contributed by atoms with E-state index in [0.717, 1.165) is 50.5 Å². The molecule has 0 aliphatic carbocycles. The molecule has 3 heterocycles. The molecule has 0 spiro atoms. The highest BCUT2D eigenvalue weighted by Crippen LogP contribution is 2.34. The Morgan fingerprint density at radius 3 is 2.82 bits per heavy atom. The van der Waals surface area contributed by atoms with Crippen molar-refractivity contribution in [2.75, 3.05) is 19.8 Å². The molecule has 0 bridgehead atoms. The van der Waals surface area contributed by atoms with E-state index in [9.17, 15) is 0 Å². The minimum Gasteiger partial charge on any atom is -0.381 e.